The van der Waals surface area contributed by atoms with Crippen LogP contribution in [0.4, 0.5) is 5.69 Å². The van der Waals surface area contributed by atoms with E-state index in [1.54, 1.807) is 0 Å². The van der Waals surface area contributed by atoms with Crippen LogP contribution in [0, 0.1) is 6.92 Å². The molecular weight excluding hydrogens is 162 g/mol. The Morgan fingerprint density at radius 1 is 1.38 bits per heavy atom. The second kappa shape index (κ2) is 3.29. The van der Waals surface area contributed by atoms with E-state index in [0.717, 1.165) is 11.4 Å². The van der Waals surface area contributed by atoms with E-state index < -0.39 is 0 Å². The van der Waals surface area contributed by atoms with Crippen molar-refractivity contribution in [2.24, 2.45) is 0 Å². The van der Waals surface area contributed by atoms with Crippen molar-refractivity contribution in [1.29, 1.82) is 0 Å². The number of para-hydroxylation sites is 1. The van der Waals surface area contributed by atoms with Gasteiger partial charge in [0.2, 0.25) is 0 Å². The fraction of sp³-hybridized carbons (Fsp3) is 0.455. The van der Waals surface area contributed by atoms with Gasteiger partial charge in [-0.3, -0.25) is 0 Å². The average molecular weight is 177 g/mol. The number of benzene rings is 1. The van der Waals surface area contributed by atoms with Gasteiger partial charge in [0.25, 0.3) is 0 Å². The van der Waals surface area contributed by atoms with Crippen molar-refractivity contribution in [2.45, 2.75) is 25.9 Å². The van der Waals surface area contributed by atoms with Crippen molar-refractivity contribution in [3.8, 4) is 5.75 Å². The molecule has 1 aliphatic carbocycles. The van der Waals surface area contributed by atoms with E-state index >= 15 is 0 Å². The summed E-state index contributed by atoms with van der Waals surface area (Å²) in [4.78, 5) is 0. The van der Waals surface area contributed by atoms with Gasteiger partial charge in [0, 0.05) is 7.05 Å². The second-order valence-electron chi connectivity index (χ2n) is 3.52. The van der Waals surface area contributed by atoms with Crippen LogP contribution in [0.2, 0.25) is 0 Å². The summed E-state index contributed by atoms with van der Waals surface area (Å²) >= 11 is 0. The van der Waals surface area contributed by atoms with Crippen LogP contribution in [-0.2, 0) is 0 Å². The third-order valence-electron chi connectivity index (χ3n) is 2.30. The molecular formula is C11H15NO. The molecule has 70 valence electrons. The molecule has 1 aliphatic rings. The van der Waals surface area contributed by atoms with E-state index in [1.807, 2.05) is 19.2 Å². The lowest BCUT2D eigenvalue weighted by molar-refractivity contribution is 0.304. The lowest BCUT2D eigenvalue weighted by atomic mass is 10.2. The van der Waals surface area contributed by atoms with E-state index in [1.165, 1.54) is 18.4 Å². The summed E-state index contributed by atoms with van der Waals surface area (Å²) < 4.78 is 5.77. The zero-order valence-corrected chi connectivity index (χ0v) is 8.13. The topological polar surface area (TPSA) is 21.3 Å². The van der Waals surface area contributed by atoms with Gasteiger partial charge < -0.3 is 10.1 Å². The zero-order chi connectivity index (χ0) is 9.26. The van der Waals surface area contributed by atoms with Crippen LogP contribution in [0.15, 0.2) is 18.2 Å². The molecule has 0 bridgehead atoms. The molecule has 2 nitrogen and oxygen atoms in total. The van der Waals surface area contributed by atoms with E-state index in [9.17, 15) is 0 Å². The first-order chi connectivity index (χ1) is 6.31. The molecule has 0 spiro atoms. The standard InChI is InChI=1S/C11H15NO/c1-8-4-3-5-10(11(8)12-2)13-9-6-7-9/h3-5,9,12H,6-7H2,1-2H3. The number of ether oxygens (including phenoxy) is 1. The molecule has 0 radical (unpaired) electrons. The van der Waals surface area contributed by atoms with E-state index in [2.05, 4.69) is 18.3 Å². The van der Waals surface area contributed by atoms with Crippen molar-refractivity contribution in [1.82, 2.24) is 0 Å². The van der Waals surface area contributed by atoms with Gasteiger partial charge >= 0.3 is 0 Å². The van der Waals surface area contributed by atoms with Crippen LogP contribution in [0.1, 0.15) is 18.4 Å². The SMILES string of the molecule is CNc1c(C)cccc1OC1CC1. The number of hydrogen-bond donors (Lipinski definition) is 1. The summed E-state index contributed by atoms with van der Waals surface area (Å²) in [6.45, 7) is 2.09. The zero-order valence-electron chi connectivity index (χ0n) is 8.13. The minimum absolute atomic E-state index is 0.467. The number of nitrogens with one attached hydrogen (secondary N) is 1. The summed E-state index contributed by atoms with van der Waals surface area (Å²) in [6.07, 6.45) is 2.88. The average Bonchev–Trinajstić information content (AvgIpc) is 2.89. The molecule has 0 aromatic heterocycles. The second-order valence-corrected chi connectivity index (χ2v) is 3.52. The Balaban J connectivity index is 2.25. The van der Waals surface area contributed by atoms with Crippen LogP contribution >= 0.6 is 0 Å². The maximum absolute atomic E-state index is 5.77. The van der Waals surface area contributed by atoms with Gasteiger partial charge in [0.15, 0.2) is 0 Å². The lowest BCUT2D eigenvalue weighted by Crippen LogP contribution is -2.01. The normalized spacial score (nSPS) is 15.5. The highest BCUT2D eigenvalue weighted by Crippen LogP contribution is 2.33. The minimum atomic E-state index is 0.467. The van der Waals surface area contributed by atoms with Crippen molar-refractivity contribution < 1.29 is 4.74 Å². The largest absolute Gasteiger partial charge is 0.488 e. The predicted octanol–water partition coefficient (Wildman–Crippen LogP) is 2.58. The Morgan fingerprint density at radius 2 is 2.15 bits per heavy atom. The van der Waals surface area contributed by atoms with Crippen molar-refractivity contribution in [3.63, 3.8) is 0 Å². The molecule has 0 atom stereocenters. The number of rotatable bonds is 3. The van der Waals surface area contributed by atoms with E-state index in [-0.39, 0.29) is 0 Å². The molecule has 2 rings (SSSR count). The lowest BCUT2D eigenvalue weighted by Gasteiger charge is -2.12. The number of hydrogen-bond acceptors (Lipinski definition) is 2. The smallest absolute Gasteiger partial charge is 0.143 e. The molecule has 0 heterocycles. The van der Waals surface area contributed by atoms with Gasteiger partial charge in [-0.15, -0.1) is 0 Å². The highest BCUT2D eigenvalue weighted by atomic mass is 16.5. The molecule has 1 fully saturated rings. The van der Waals surface area contributed by atoms with Gasteiger partial charge in [0.1, 0.15) is 5.75 Å². The molecule has 1 saturated carbocycles. The monoisotopic (exact) mass is 177 g/mol. The Kier molecular flexibility index (Phi) is 2.13. The van der Waals surface area contributed by atoms with Crippen LogP contribution in [-0.4, -0.2) is 13.2 Å². The first kappa shape index (κ1) is 8.42. The van der Waals surface area contributed by atoms with Gasteiger partial charge in [0.05, 0.1) is 11.8 Å². The summed E-state index contributed by atoms with van der Waals surface area (Å²) in [5.41, 5.74) is 2.36. The Labute approximate surface area is 78.9 Å². The van der Waals surface area contributed by atoms with Crippen LogP contribution in [0.5, 0.6) is 5.75 Å². The first-order valence-electron chi connectivity index (χ1n) is 4.75. The summed E-state index contributed by atoms with van der Waals surface area (Å²) in [5, 5.41) is 3.17. The van der Waals surface area contributed by atoms with Crippen LogP contribution in [0.25, 0.3) is 0 Å². The minimum Gasteiger partial charge on any atom is -0.488 e. The fourth-order valence-electron chi connectivity index (χ4n) is 1.42. The summed E-state index contributed by atoms with van der Waals surface area (Å²) in [5.74, 6) is 0.991. The molecule has 1 N–H and O–H groups in total. The first-order valence-corrected chi connectivity index (χ1v) is 4.75. The summed E-state index contributed by atoms with van der Waals surface area (Å²) in [7, 11) is 1.93. The van der Waals surface area contributed by atoms with E-state index in [4.69, 9.17) is 4.74 Å². The van der Waals surface area contributed by atoms with Gasteiger partial charge in [-0.05, 0) is 31.4 Å². The van der Waals surface area contributed by atoms with Crippen molar-refractivity contribution in [2.75, 3.05) is 12.4 Å². The number of aryl methyl sites for hydroxylation is 1. The maximum Gasteiger partial charge on any atom is 0.143 e. The van der Waals surface area contributed by atoms with Gasteiger partial charge in [-0.2, -0.15) is 0 Å². The van der Waals surface area contributed by atoms with Crippen LogP contribution < -0.4 is 10.1 Å². The molecule has 0 saturated heterocycles. The van der Waals surface area contributed by atoms with Crippen molar-refractivity contribution >= 4 is 5.69 Å². The maximum atomic E-state index is 5.77. The molecule has 13 heavy (non-hydrogen) atoms. The predicted molar refractivity (Wildman–Crippen MR) is 54.4 cm³/mol. The van der Waals surface area contributed by atoms with Gasteiger partial charge in [-0.1, -0.05) is 12.1 Å². The molecule has 0 unspecified atom stereocenters. The fourth-order valence-corrected chi connectivity index (χ4v) is 1.42. The number of anilines is 1. The molecule has 2 heteroatoms. The Morgan fingerprint density at radius 3 is 2.77 bits per heavy atom. The third-order valence-corrected chi connectivity index (χ3v) is 2.30. The summed E-state index contributed by atoms with van der Waals surface area (Å²) in [6, 6.07) is 6.15. The Bertz CT molecular complexity index is 305. The quantitative estimate of drug-likeness (QED) is 0.766. The Hall–Kier alpha value is -1.18. The highest BCUT2D eigenvalue weighted by Gasteiger charge is 2.24. The van der Waals surface area contributed by atoms with E-state index in [0.29, 0.717) is 6.10 Å². The third kappa shape index (κ3) is 1.77. The molecule has 1 aromatic rings. The molecule has 1 aromatic carbocycles. The molecule has 0 amide bonds. The van der Waals surface area contributed by atoms with Gasteiger partial charge in [-0.25, -0.2) is 0 Å². The van der Waals surface area contributed by atoms with Crippen molar-refractivity contribution in [3.05, 3.63) is 23.8 Å². The highest BCUT2D eigenvalue weighted by molar-refractivity contribution is 5.61. The molecule has 0 aliphatic heterocycles. The van der Waals surface area contributed by atoms with Crippen LogP contribution in [0.3, 0.4) is 0 Å².